The van der Waals surface area contributed by atoms with Gasteiger partial charge in [0.15, 0.2) is 0 Å². The summed E-state index contributed by atoms with van der Waals surface area (Å²) in [5.41, 5.74) is 17.4. The number of rotatable bonds is 7. The fourth-order valence-electron chi connectivity index (χ4n) is 6.22. The molecule has 0 bridgehead atoms. The molecular formula is C41H40N2P2. The average molecular weight is 623 g/mol. The topological polar surface area (TPSA) is 52.0 Å². The Kier molecular flexibility index (Phi) is 10.3. The number of benzene rings is 6. The van der Waals surface area contributed by atoms with Crippen LogP contribution >= 0.6 is 15.8 Å². The van der Waals surface area contributed by atoms with Gasteiger partial charge in [0.05, 0.1) is 0 Å². The molecule has 2 nitrogen and oxygen atoms in total. The summed E-state index contributed by atoms with van der Waals surface area (Å²) < 4.78 is 0. The van der Waals surface area contributed by atoms with E-state index in [1.165, 1.54) is 43.2 Å². The SMILES string of the molecule is CC(N)c1ccccc1P(c1ccccc1)c1ccccc1.N[C@H]1c2ccccc2C[C@@H]1P(c1ccccc1)c1ccccc1. The van der Waals surface area contributed by atoms with E-state index in [0.29, 0.717) is 5.66 Å². The van der Waals surface area contributed by atoms with Crippen LogP contribution in [0, 0.1) is 0 Å². The average Bonchev–Trinajstić information content (AvgIpc) is 3.43. The molecule has 0 saturated heterocycles. The smallest absolute Gasteiger partial charge is 0.0375 e. The molecule has 4 N–H and O–H groups in total. The fraction of sp³-hybridized carbons (Fsp3) is 0.122. The second kappa shape index (κ2) is 14.9. The molecule has 6 aromatic carbocycles. The number of hydrogen-bond donors (Lipinski definition) is 2. The second-order valence-electron chi connectivity index (χ2n) is 11.4. The Labute approximate surface area is 270 Å². The van der Waals surface area contributed by atoms with Gasteiger partial charge in [-0.05, 0) is 72.4 Å². The maximum Gasteiger partial charge on any atom is 0.0375 e. The van der Waals surface area contributed by atoms with E-state index >= 15 is 0 Å². The Morgan fingerprint density at radius 3 is 1.44 bits per heavy atom. The van der Waals surface area contributed by atoms with Crippen LogP contribution in [-0.4, -0.2) is 5.66 Å². The summed E-state index contributed by atoms with van der Waals surface area (Å²) >= 11 is 0. The second-order valence-corrected chi connectivity index (χ2v) is 16.0. The van der Waals surface area contributed by atoms with Crippen LogP contribution in [0.15, 0.2) is 170 Å². The highest BCUT2D eigenvalue weighted by atomic mass is 31.1. The van der Waals surface area contributed by atoms with Crippen LogP contribution in [0.5, 0.6) is 0 Å². The summed E-state index contributed by atoms with van der Waals surface area (Å²) in [4.78, 5) is 0. The highest BCUT2D eigenvalue weighted by molar-refractivity contribution is 7.80. The summed E-state index contributed by atoms with van der Waals surface area (Å²) in [6.07, 6.45) is 1.08. The van der Waals surface area contributed by atoms with Gasteiger partial charge < -0.3 is 11.5 Å². The van der Waals surface area contributed by atoms with Gasteiger partial charge in [-0.15, -0.1) is 0 Å². The molecule has 0 aromatic heterocycles. The van der Waals surface area contributed by atoms with E-state index in [1.807, 2.05) is 0 Å². The summed E-state index contributed by atoms with van der Waals surface area (Å²) in [7, 11) is -1.04. The number of fused-ring (bicyclic) bond motifs is 1. The summed E-state index contributed by atoms with van der Waals surface area (Å²) in [5, 5.41) is 6.91. The fourth-order valence-corrected chi connectivity index (χ4v) is 11.7. The molecule has 0 amide bonds. The van der Waals surface area contributed by atoms with E-state index < -0.39 is 15.8 Å². The molecule has 7 rings (SSSR count). The van der Waals surface area contributed by atoms with Crippen molar-refractivity contribution in [2.24, 2.45) is 11.5 Å². The minimum absolute atomic E-state index is 0.0358. The third kappa shape index (κ3) is 7.17. The molecule has 45 heavy (non-hydrogen) atoms. The van der Waals surface area contributed by atoms with Crippen LogP contribution in [-0.2, 0) is 6.42 Å². The van der Waals surface area contributed by atoms with Gasteiger partial charge in [0.1, 0.15) is 0 Å². The molecule has 0 radical (unpaired) electrons. The molecule has 0 aliphatic heterocycles. The zero-order chi connectivity index (χ0) is 31.0. The van der Waals surface area contributed by atoms with E-state index in [2.05, 4.69) is 177 Å². The van der Waals surface area contributed by atoms with Crippen LogP contribution in [0.2, 0.25) is 0 Å². The molecule has 1 unspecified atom stereocenters. The number of nitrogens with two attached hydrogens (primary N) is 2. The van der Waals surface area contributed by atoms with Gasteiger partial charge in [0.25, 0.3) is 0 Å². The van der Waals surface area contributed by atoms with E-state index in [1.54, 1.807) is 0 Å². The standard InChI is InChI=1S/C21H20NP.C20H20NP/c22-21-19-14-8-7-9-16(19)15-20(21)23(17-10-3-1-4-11-17)18-12-5-2-6-13-18;1-16(21)19-14-8-9-15-20(19)22(17-10-4-2-5-11-17)18-12-6-3-7-13-18/h1-14,20-21H,15,22H2;2-16H,21H2,1H3/t20-,21-;/m0./s1. The van der Waals surface area contributed by atoms with Crippen molar-refractivity contribution in [1.82, 2.24) is 0 Å². The normalized spacial score (nSPS) is 16.1. The van der Waals surface area contributed by atoms with E-state index in [-0.39, 0.29) is 12.1 Å². The van der Waals surface area contributed by atoms with Crippen LogP contribution in [0.1, 0.15) is 35.7 Å². The quantitative estimate of drug-likeness (QED) is 0.185. The lowest BCUT2D eigenvalue weighted by Gasteiger charge is -2.28. The van der Waals surface area contributed by atoms with Crippen LogP contribution in [0.3, 0.4) is 0 Å². The van der Waals surface area contributed by atoms with Gasteiger partial charge in [-0.3, -0.25) is 0 Å². The molecule has 0 heterocycles. The lowest BCUT2D eigenvalue weighted by Crippen LogP contribution is -2.28. The third-order valence-electron chi connectivity index (χ3n) is 8.36. The van der Waals surface area contributed by atoms with Crippen molar-refractivity contribution < 1.29 is 0 Å². The minimum atomic E-state index is -0.579. The lowest BCUT2D eigenvalue weighted by atomic mass is 10.1. The van der Waals surface area contributed by atoms with Crippen LogP contribution in [0.25, 0.3) is 0 Å². The maximum atomic E-state index is 6.68. The third-order valence-corrected chi connectivity index (χ3v) is 13.7. The van der Waals surface area contributed by atoms with Crippen molar-refractivity contribution in [3.8, 4) is 0 Å². The summed E-state index contributed by atoms with van der Waals surface area (Å²) in [6.45, 7) is 2.06. The zero-order valence-electron chi connectivity index (χ0n) is 25.7. The van der Waals surface area contributed by atoms with E-state index in [4.69, 9.17) is 11.5 Å². The highest BCUT2D eigenvalue weighted by Crippen LogP contribution is 2.50. The van der Waals surface area contributed by atoms with Gasteiger partial charge in [-0.2, -0.15) is 0 Å². The molecular weight excluding hydrogens is 582 g/mol. The Balaban J connectivity index is 0.000000159. The zero-order valence-corrected chi connectivity index (χ0v) is 27.4. The van der Waals surface area contributed by atoms with Gasteiger partial charge in [-0.25, -0.2) is 0 Å². The first-order valence-electron chi connectivity index (χ1n) is 15.6. The predicted molar refractivity (Wildman–Crippen MR) is 198 cm³/mol. The monoisotopic (exact) mass is 622 g/mol. The van der Waals surface area contributed by atoms with Gasteiger partial charge in [0, 0.05) is 17.7 Å². The molecule has 224 valence electrons. The van der Waals surface area contributed by atoms with E-state index in [9.17, 15) is 0 Å². The van der Waals surface area contributed by atoms with Gasteiger partial charge in [0.2, 0.25) is 0 Å². The molecule has 0 saturated carbocycles. The van der Waals surface area contributed by atoms with Crippen LogP contribution < -0.4 is 38.0 Å². The molecule has 0 spiro atoms. The highest BCUT2D eigenvalue weighted by Gasteiger charge is 2.36. The Morgan fingerprint density at radius 1 is 0.533 bits per heavy atom. The van der Waals surface area contributed by atoms with Crippen molar-refractivity contribution >= 4 is 42.4 Å². The molecule has 1 aliphatic carbocycles. The number of hydrogen-bond acceptors (Lipinski definition) is 2. The van der Waals surface area contributed by atoms with Gasteiger partial charge in [-0.1, -0.05) is 170 Å². The van der Waals surface area contributed by atoms with Crippen molar-refractivity contribution in [3.63, 3.8) is 0 Å². The summed E-state index contributed by atoms with van der Waals surface area (Å²) in [6, 6.07) is 60.6. The van der Waals surface area contributed by atoms with E-state index in [0.717, 1.165) is 6.42 Å². The first kappa shape index (κ1) is 31.1. The van der Waals surface area contributed by atoms with Crippen LogP contribution in [0.4, 0.5) is 0 Å². The minimum Gasteiger partial charge on any atom is -0.324 e. The first-order chi connectivity index (χ1) is 22.1. The lowest BCUT2D eigenvalue weighted by molar-refractivity contribution is 0.726. The Hall–Kier alpha value is -3.90. The molecule has 1 aliphatic rings. The molecule has 4 heteroatoms. The van der Waals surface area contributed by atoms with Crippen molar-refractivity contribution in [3.05, 3.63) is 187 Å². The predicted octanol–water partition coefficient (Wildman–Crippen LogP) is 7.21. The van der Waals surface area contributed by atoms with Crippen molar-refractivity contribution in [2.45, 2.75) is 31.1 Å². The Morgan fingerprint density at radius 2 is 0.956 bits per heavy atom. The first-order valence-corrected chi connectivity index (χ1v) is 18.3. The molecule has 0 fully saturated rings. The van der Waals surface area contributed by atoms with Crippen molar-refractivity contribution in [1.29, 1.82) is 0 Å². The van der Waals surface area contributed by atoms with Gasteiger partial charge >= 0.3 is 0 Å². The maximum absolute atomic E-state index is 6.68. The largest absolute Gasteiger partial charge is 0.324 e. The molecule has 6 aromatic rings. The Bertz CT molecular complexity index is 1700. The van der Waals surface area contributed by atoms with Crippen molar-refractivity contribution in [2.75, 3.05) is 0 Å². The summed E-state index contributed by atoms with van der Waals surface area (Å²) in [5.74, 6) is 0. The molecule has 3 atom stereocenters.